The zero-order valence-electron chi connectivity index (χ0n) is 11.9. The van der Waals surface area contributed by atoms with Crippen molar-refractivity contribution < 1.29 is 4.74 Å². The van der Waals surface area contributed by atoms with Crippen LogP contribution in [0.3, 0.4) is 0 Å². The van der Waals surface area contributed by atoms with Gasteiger partial charge in [-0.2, -0.15) is 0 Å². The Hall–Kier alpha value is -1.03. The fourth-order valence-electron chi connectivity index (χ4n) is 2.08. The normalized spacial score (nSPS) is 12.3. The molecule has 0 fully saturated rings. The molecule has 0 aliphatic carbocycles. The van der Waals surface area contributed by atoms with Crippen LogP contribution in [-0.4, -0.2) is 13.2 Å². The number of nitrogens with one attached hydrogen (secondary N) is 1. The summed E-state index contributed by atoms with van der Waals surface area (Å²) in [5, 5.41) is 3.58. The lowest BCUT2D eigenvalue weighted by atomic mass is 10.1. The second kappa shape index (κ2) is 7.67. The molecule has 1 aromatic heterocycles. The molecule has 2 nitrogen and oxygen atoms in total. The van der Waals surface area contributed by atoms with Crippen molar-refractivity contribution in [2.75, 3.05) is 13.2 Å². The summed E-state index contributed by atoms with van der Waals surface area (Å²) in [5.41, 5.74) is 1.24. The molecule has 0 bridgehead atoms. The summed E-state index contributed by atoms with van der Waals surface area (Å²) in [4.78, 5) is 1.24. The van der Waals surface area contributed by atoms with Crippen LogP contribution in [0.25, 0.3) is 0 Å². The highest BCUT2D eigenvalue weighted by Gasteiger charge is 2.15. The van der Waals surface area contributed by atoms with Crippen molar-refractivity contribution in [3.63, 3.8) is 0 Å². The van der Waals surface area contributed by atoms with Gasteiger partial charge in [-0.1, -0.05) is 30.7 Å². The van der Waals surface area contributed by atoms with E-state index < -0.39 is 0 Å². The molecule has 1 unspecified atom stereocenters. The Labute approximate surface area is 129 Å². The molecule has 0 saturated heterocycles. The summed E-state index contributed by atoms with van der Waals surface area (Å²) < 4.78 is 6.32. The van der Waals surface area contributed by atoms with E-state index in [-0.39, 0.29) is 6.04 Å². The van der Waals surface area contributed by atoms with Crippen LogP contribution in [0.15, 0.2) is 36.4 Å². The molecule has 1 N–H and O–H groups in total. The van der Waals surface area contributed by atoms with Crippen LogP contribution in [0.4, 0.5) is 0 Å². The van der Waals surface area contributed by atoms with Crippen molar-refractivity contribution in [1.82, 2.24) is 5.32 Å². The van der Waals surface area contributed by atoms with E-state index in [4.69, 9.17) is 16.3 Å². The van der Waals surface area contributed by atoms with Crippen molar-refractivity contribution in [2.45, 2.75) is 26.3 Å². The fraction of sp³-hybridized carbons (Fsp3) is 0.375. The largest absolute Gasteiger partial charge is 0.494 e. The second-order valence-corrected chi connectivity index (χ2v) is 6.28. The molecule has 1 heterocycles. The molecular weight excluding hydrogens is 290 g/mol. The Morgan fingerprint density at radius 2 is 1.90 bits per heavy atom. The maximum atomic E-state index is 6.06. The van der Waals surface area contributed by atoms with Crippen molar-refractivity contribution in [1.29, 1.82) is 0 Å². The Morgan fingerprint density at radius 3 is 2.45 bits per heavy atom. The van der Waals surface area contributed by atoms with E-state index in [1.807, 2.05) is 25.1 Å². The Kier molecular flexibility index (Phi) is 5.89. The third-order valence-electron chi connectivity index (χ3n) is 3.00. The number of ether oxygens (including phenoxy) is 1. The van der Waals surface area contributed by atoms with E-state index in [0.717, 1.165) is 23.1 Å². The Balaban J connectivity index is 2.21. The lowest BCUT2D eigenvalue weighted by molar-refractivity contribution is 0.340. The summed E-state index contributed by atoms with van der Waals surface area (Å²) >= 11 is 7.69. The van der Waals surface area contributed by atoms with Crippen molar-refractivity contribution in [3.8, 4) is 5.75 Å². The number of benzene rings is 1. The van der Waals surface area contributed by atoms with Crippen LogP contribution in [0.2, 0.25) is 4.34 Å². The zero-order valence-corrected chi connectivity index (χ0v) is 13.4. The first-order chi connectivity index (χ1) is 9.74. The van der Waals surface area contributed by atoms with Gasteiger partial charge in [0, 0.05) is 4.88 Å². The van der Waals surface area contributed by atoms with Crippen LogP contribution in [0.5, 0.6) is 5.75 Å². The zero-order chi connectivity index (χ0) is 14.4. The van der Waals surface area contributed by atoms with Crippen LogP contribution in [0.1, 0.15) is 36.8 Å². The Morgan fingerprint density at radius 1 is 1.15 bits per heavy atom. The minimum absolute atomic E-state index is 0.197. The van der Waals surface area contributed by atoms with Gasteiger partial charge in [0.2, 0.25) is 0 Å². The molecule has 1 atom stereocenters. The predicted octanol–water partition coefficient (Wildman–Crippen LogP) is 4.89. The third-order valence-corrected chi connectivity index (χ3v) is 4.30. The topological polar surface area (TPSA) is 21.3 Å². The smallest absolute Gasteiger partial charge is 0.119 e. The molecule has 0 radical (unpaired) electrons. The van der Waals surface area contributed by atoms with Gasteiger partial charge in [0.05, 0.1) is 17.0 Å². The average Bonchev–Trinajstić information content (AvgIpc) is 2.88. The third kappa shape index (κ3) is 3.98. The van der Waals surface area contributed by atoms with Gasteiger partial charge >= 0.3 is 0 Å². The van der Waals surface area contributed by atoms with Crippen molar-refractivity contribution >= 4 is 22.9 Å². The fourth-order valence-corrected chi connectivity index (χ4v) is 3.24. The summed E-state index contributed by atoms with van der Waals surface area (Å²) in [6, 6.07) is 12.5. The quantitative estimate of drug-likeness (QED) is 0.786. The van der Waals surface area contributed by atoms with Crippen LogP contribution < -0.4 is 10.1 Å². The summed E-state index contributed by atoms with van der Waals surface area (Å²) in [5.74, 6) is 0.912. The van der Waals surface area contributed by atoms with E-state index in [9.17, 15) is 0 Å². The van der Waals surface area contributed by atoms with Gasteiger partial charge in [-0.3, -0.25) is 0 Å². The summed E-state index contributed by atoms with van der Waals surface area (Å²) in [7, 11) is 0. The van der Waals surface area contributed by atoms with Gasteiger partial charge < -0.3 is 10.1 Å². The molecule has 4 heteroatoms. The number of hydrogen-bond acceptors (Lipinski definition) is 3. The first-order valence-corrected chi connectivity index (χ1v) is 8.15. The lowest BCUT2D eigenvalue weighted by Gasteiger charge is -2.18. The molecule has 0 saturated carbocycles. The van der Waals surface area contributed by atoms with Crippen LogP contribution >= 0.6 is 22.9 Å². The Bertz CT molecular complexity index is 524. The maximum absolute atomic E-state index is 6.06. The minimum atomic E-state index is 0.197. The summed E-state index contributed by atoms with van der Waals surface area (Å²) in [6.45, 7) is 5.83. The van der Waals surface area contributed by atoms with E-state index >= 15 is 0 Å². The van der Waals surface area contributed by atoms with Gasteiger partial charge in [0.1, 0.15) is 5.75 Å². The van der Waals surface area contributed by atoms with E-state index in [2.05, 4.69) is 30.4 Å². The number of thiophene rings is 1. The molecule has 1 aromatic carbocycles. The van der Waals surface area contributed by atoms with Crippen LogP contribution in [-0.2, 0) is 0 Å². The molecule has 108 valence electrons. The highest BCUT2D eigenvalue weighted by molar-refractivity contribution is 7.16. The van der Waals surface area contributed by atoms with E-state index in [1.165, 1.54) is 10.4 Å². The molecule has 0 spiro atoms. The molecule has 0 aliphatic rings. The van der Waals surface area contributed by atoms with Gasteiger partial charge in [0.25, 0.3) is 0 Å². The molecule has 2 aromatic rings. The molecule has 0 amide bonds. The second-order valence-electron chi connectivity index (χ2n) is 4.53. The summed E-state index contributed by atoms with van der Waals surface area (Å²) in [6.07, 6.45) is 1.10. The molecule has 0 aliphatic heterocycles. The first kappa shape index (κ1) is 15.4. The van der Waals surface area contributed by atoms with E-state index in [1.54, 1.807) is 11.3 Å². The highest BCUT2D eigenvalue weighted by atomic mass is 35.5. The van der Waals surface area contributed by atoms with Gasteiger partial charge in [-0.15, -0.1) is 11.3 Å². The predicted molar refractivity (Wildman–Crippen MR) is 87.1 cm³/mol. The minimum Gasteiger partial charge on any atom is -0.494 e. The number of halogens is 1. The maximum Gasteiger partial charge on any atom is 0.119 e. The monoisotopic (exact) mass is 309 g/mol. The van der Waals surface area contributed by atoms with Crippen molar-refractivity contribution in [3.05, 3.63) is 51.2 Å². The number of hydrogen-bond donors (Lipinski definition) is 1. The van der Waals surface area contributed by atoms with Gasteiger partial charge in [0.15, 0.2) is 0 Å². The SMILES string of the molecule is CCCNC(c1ccc(OCC)cc1)c1ccc(Cl)s1. The van der Waals surface area contributed by atoms with Crippen LogP contribution in [0, 0.1) is 0 Å². The molecule has 2 rings (SSSR count). The van der Waals surface area contributed by atoms with Crippen molar-refractivity contribution in [2.24, 2.45) is 0 Å². The number of rotatable bonds is 7. The highest BCUT2D eigenvalue weighted by Crippen LogP contribution is 2.31. The molecule has 20 heavy (non-hydrogen) atoms. The lowest BCUT2D eigenvalue weighted by Crippen LogP contribution is -2.22. The molecular formula is C16H20ClNOS. The van der Waals surface area contributed by atoms with E-state index in [0.29, 0.717) is 6.61 Å². The standard InChI is InChI=1S/C16H20ClNOS/c1-3-11-18-16(14-9-10-15(17)20-14)12-5-7-13(8-6-12)19-4-2/h5-10,16,18H,3-4,11H2,1-2H3. The van der Waals surface area contributed by atoms with Gasteiger partial charge in [-0.05, 0) is 49.7 Å². The first-order valence-electron chi connectivity index (χ1n) is 6.96. The average molecular weight is 310 g/mol. The van der Waals surface area contributed by atoms with Gasteiger partial charge in [-0.25, -0.2) is 0 Å².